The molecule has 0 spiro atoms. The summed E-state index contributed by atoms with van der Waals surface area (Å²) in [5.74, 6) is 0. The first-order valence-electron chi connectivity index (χ1n) is 20.7. The van der Waals surface area contributed by atoms with Crippen LogP contribution < -0.4 is 4.90 Å². The van der Waals surface area contributed by atoms with Crippen molar-refractivity contribution in [2.24, 2.45) is 0 Å². The lowest BCUT2D eigenvalue weighted by atomic mass is 9.90. The SMILES string of the molecule is c1ccc(-c2cccc3cccc(-c4ccccc4N(c4ccc(-c5cccc6c5oc5ccccc56)cc4)c4ccccc4-c4ccc5c(c4)oc4ccccc45)c23)cc1. The van der Waals surface area contributed by atoms with E-state index in [-0.39, 0.29) is 0 Å². The third kappa shape index (κ3) is 5.82. The van der Waals surface area contributed by atoms with Gasteiger partial charge in [-0.15, -0.1) is 0 Å². The van der Waals surface area contributed by atoms with Gasteiger partial charge in [-0.2, -0.15) is 0 Å². The molecule has 0 aliphatic heterocycles. The summed E-state index contributed by atoms with van der Waals surface area (Å²) < 4.78 is 12.9. The molecule has 0 radical (unpaired) electrons. The number of hydrogen-bond donors (Lipinski definition) is 0. The molecule has 0 atom stereocenters. The molecule has 12 rings (SSSR count). The smallest absolute Gasteiger partial charge is 0.143 e. The van der Waals surface area contributed by atoms with Crippen molar-refractivity contribution in [2.45, 2.75) is 0 Å². The molecule has 286 valence electrons. The minimum Gasteiger partial charge on any atom is -0.456 e. The Hall–Kier alpha value is -8.14. The van der Waals surface area contributed by atoms with Crippen LogP contribution in [0, 0.1) is 0 Å². The molecule has 2 aromatic heterocycles. The molecule has 12 aromatic rings. The van der Waals surface area contributed by atoms with Crippen molar-refractivity contribution in [1.82, 2.24) is 0 Å². The monoisotopic (exact) mass is 779 g/mol. The van der Waals surface area contributed by atoms with Gasteiger partial charge in [0.1, 0.15) is 22.3 Å². The lowest BCUT2D eigenvalue weighted by molar-refractivity contribution is 0.669. The fourth-order valence-electron chi connectivity index (χ4n) is 9.30. The Morgan fingerprint density at radius 2 is 0.820 bits per heavy atom. The predicted molar refractivity (Wildman–Crippen MR) is 255 cm³/mol. The molecule has 0 amide bonds. The molecule has 3 heteroatoms. The van der Waals surface area contributed by atoms with Crippen molar-refractivity contribution in [1.29, 1.82) is 0 Å². The second-order valence-corrected chi connectivity index (χ2v) is 15.6. The molecule has 0 fully saturated rings. The van der Waals surface area contributed by atoms with E-state index in [2.05, 4.69) is 205 Å². The highest BCUT2D eigenvalue weighted by molar-refractivity contribution is 6.11. The van der Waals surface area contributed by atoms with Gasteiger partial charge in [-0.1, -0.05) is 176 Å². The third-order valence-electron chi connectivity index (χ3n) is 12.1. The summed E-state index contributed by atoms with van der Waals surface area (Å²) in [6, 6.07) is 80.0. The van der Waals surface area contributed by atoms with E-state index >= 15 is 0 Å². The van der Waals surface area contributed by atoms with Crippen LogP contribution in [0.1, 0.15) is 0 Å². The summed E-state index contributed by atoms with van der Waals surface area (Å²) in [5.41, 5.74) is 15.8. The maximum atomic E-state index is 6.49. The van der Waals surface area contributed by atoms with E-state index < -0.39 is 0 Å². The van der Waals surface area contributed by atoms with Crippen LogP contribution in [-0.2, 0) is 0 Å². The number of benzene rings is 10. The fourth-order valence-corrected chi connectivity index (χ4v) is 9.30. The van der Waals surface area contributed by atoms with E-state index in [4.69, 9.17) is 8.83 Å². The largest absolute Gasteiger partial charge is 0.456 e. The summed E-state index contributed by atoms with van der Waals surface area (Å²) in [6.45, 7) is 0. The van der Waals surface area contributed by atoms with Gasteiger partial charge in [-0.05, 0) is 87.1 Å². The minimum atomic E-state index is 0.869. The van der Waals surface area contributed by atoms with Crippen LogP contribution >= 0.6 is 0 Å². The Morgan fingerprint density at radius 1 is 0.295 bits per heavy atom. The molecule has 0 saturated carbocycles. The summed E-state index contributed by atoms with van der Waals surface area (Å²) >= 11 is 0. The summed E-state index contributed by atoms with van der Waals surface area (Å²) in [5, 5.41) is 6.90. The summed E-state index contributed by atoms with van der Waals surface area (Å²) in [6.07, 6.45) is 0. The van der Waals surface area contributed by atoms with Crippen molar-refractivity contribution in [3.63, 3.8) is 0 Å². The molecule has 0 N–H and O–H groups in total. The second-order valence-electron chi connectivity index (χ2n) is 15.6. The minimum absolute atomic E-state index is 0.869. The maximum absolute atomic E-state index is 6.49. The molecule has 3 nitrogen and oxygen atoms in total. The number of anilines is 3. The van der Waals surface area contributed by atoms with Crippen molar-refractivity contribution in [2.75, 3.05) is 4.90 Å². The third-order valence-corrected chi connectivity index (χ3v) is 12.1. The second kappa shape index (κ2) is 14.3. The van der Waals surface area contributed by atoms with Gasteiger partial charge in [-0.3, -0.25) is 0 Å². The van der Waals surface area contributed by atoms with E-state index in [9.17, 15) is 0 Å². The van der Waals surface area contributed by atoms with E-state index in [0.717, 1.165) is 88.8 Å². The van der Waals surface area contributed by atoms with Crippen molar-refractivity contribution in [3.8, 4) is 44.5 Å². The van der Waals surface area contributed by atoms with Gasteiger partial charge in [0, 0.05) is 43.9 Å². The summed E-state index contributed by atoms with van der Waals surface area (Å²) in [4.78, 5) is 2.42. The van der Waals surface area contributed by atoms with E-state index in [1.165, 1.54) is 27.5 Å². The first-order chi connectivity index (χ1) is 30.3. The standard InChI is InChI=1S/C58H37NO2/c1-2-15-38(16-3-1)44-23-12-17-40-18-13-25-50(57(40)44)46-20-5-9-28-53(46)59(42-34-31-39(32-35-42)45-24-14-26-51-48-22-7-11-30-55(48)61-58(45)51)52-27-8-4-19-43(52)41-33-36-49-47-21-6-10-29-54(47)60-56(49)37-41/h1-37H. The van der Waals surface area contributed by atoms with Crippen LogP contribution in [0.3, 0.4) is 0 Å². The van der Waals surface area contributed by atoms with Crippen LogP contribution in [0.25, 0.3) is 99.2 Å². The Kier molecular flexibility index (Phi) is 8.17. The normalized spacial score (nSPS) is 11.6. The van der Waals surface area contributed by atoms with Gasteiger partial charge >= 0.3 is 0 Å². The molecule has 2 heterocycles. The Morgan fingerprint density at radius 3 is 1.61 bits per heavy atom. The van der Waals surface area contributed by atoms with E-state index in [0.29, 0.717) is 0 Å². The molecule has 0 unspecified atom stereocenters. The molecule has 0 aliphatic rings. The molecular weight excluding hydrogens is 743 g/mol. The molecular formula is C58H37NO2. The number of para-hydroxylation sites is 5. The Labute approximate surface area is 353 Å². The molecule has 61 heavy (non-hydrogen) atoms. The van der Waals surface area contributed by atoms with Crippen LogP contribution in [0.5, 0.6) is 0 Å². The van der Waals surface area contributed by atoms with Crippen LogP contribution in [0.15, 0.2) is 233 Å². The average Bonchev–Trinajstić information content (AvgIpc) is 3.90. The van der Waals surface area contributed by atoms with Gasteiger partial charge in [0.2, 0.25) is 0 Å². The number of hydrogen-bond acceptors (Lipinski definition) is 3. The lowest BCUT2D eigenvalue weighted by Gasteiger charge is -2.30. The van der Waals surface area contributed by atoms with Crippen molar-refractivity contribution >= 4 is 71.7 Å². The first-order valence-corrected chi connectivity index (χ1v) is 20.7. The summed E-state index contributed by atoms with van der Waals surface area (Å²) in [7, 11) is 0. The average molecular weight is 780 g/mol. The Balaban J connectivity index is 1.07. The maximum Gasteiger partial charge on any atom is 0.143 e. The number of furan rings is 2. The first kappa shape index (κ1) is 34.9. The Bertz CT molecular complexity index is 3590. The number of fused-ring (bicyclic) bond motifs is 7. The zero-order valence-corrected chi connectivity index (χ0v) is 33.1. The van der Waals surface area contributed by atoms with Crippen molar-refractivity contribution in [3.05, 3.63) is 224 Å². The highest BCUT2D eigenvalue weighted by Crippen LogP contribution is 2.48. The zero-order chi connectivity index (χ0) is 40.3. The molecule has 10 aromatic carbocycles. The highest BCUT2D eigenvalue weighted by Gasteiger charge is 2.23. The number of nitrogens with zero attached hydrogens (tertiary/aromatic N) is 1. The number of rotatable bonds is 7. The molecule has 0 bridgehead atoms. The van der Waals surface area contributed by atoms with Crippen LogP contribution in [-0.4, -0.2) is 0 Å². The topological polar surface area (TPSA) is 29.5 Å². The lowest BCUT2D eigenvalue weighted by Crippen LogP contribution is -2.12. The quantitative estimate of drug-likeness (QED) is 0.161. The van der Waals surface area contributed by atoms with Gasteiger partial charge in [0.25, 0.3) is 0 Å². The van der Waals surface area contributed by atoms with Gasteiger partial charge in [0.15, 0.2) is 0 Å². The highest BCUT2D eigenvalue weighted by atomic mass is 16.3. The molecule has 0 saturated heterocycles. The zero-order valence-electron chi connectivity index (χ0n) is 33.1. The van der Waals surface area contributed by atoms with Crippen molar-refractivity contribution < 1.29 is 8.83 Å². The fraction of sp³-hybridized carbons (Fsp3) is 0. The van der Waals surface area contributed by atoms with Gasteiger partial charge in [-0.25, -0.2) is 0 Å². The van der Waals surface area contributed by atoms with Crippen LogP contribution in [0.2, 0.25) is 0 Å². The van der Waals surface area contributed by atoms with Crippen LogP contribution in [0.4, 0.5) is 17.1 Å². The van der Waals surface area contributed by atoms with E-state index in [1.807, 2.05) is 24.3 Å². The molecule has 0 aliphatic carbocycles. The predicted octanol–water partition coefficient (Wildman–Crippen LogP) is 16.8. The van der Waals surface area contributed by atoms with Gasteiger partial charge in [0.05, 0.1) is 11.4 Å². The van der Waals surface area contributed by atoms with E-state index in [1.54, 1.807) is 0 Å². The van der Waals surface area contributed by atoms with Gasteiger partial charge < -0.3 is 13.7 Å².